The molecule has 0 aliphatic heterocycles. The van der Waals surface area contributed by atoms with Crippen LogP contribution in [0.4, 0.5) is 5.82 Å². The number of nitrogens with one attached hydrogen (secondary N) is 1. The van der Waals surface area contributed by atoms with E-state index in [-0.39, 0.29) is 13.2 Å². The fraction of sp³-hybridized carbons (Fsp3) is 0.350. The van der Waals surface area contributed by atoms with E-state index in [9.17, 15) is 4.79 Å². The van der Waals surface area contributed by atoms with E-state index in [1.807, 2.05) is 24.3 Å². The van der Waals surface area contributed by atoms with Crippen molar-refractivity contribution in [3.05, 3.63) is 57.5 Å². The molecular weight excluding hydrogens is 426 g/mol. The molecule has 0 bridgehead atoms. The average molecular weight is 450 g/mol. The molecule has 1 aromatic carbocycles. The van der Waals surface area contributed by atoms with Gasteiger partial charge in [-0.25, -0.2) is 14.8 Å². The minimum atomic E-state index is -0.425. The molecule has 0 radical (unpaired) electrons. The Bertz CT molecular complexity index is 810. The second kappa shape index (κ2) is 11.5. The third-order valence-electron chi connectivity index (χ3n) is 3.67. The minimum Gasteiger partial charge on any atom is -0.463 e. The number of carbonyl (C=O) groups is 1. The summed E-state index contributed by atoms with van der Waals surface area (Å²) in [6.07, 6.45) is 3.01. The summed E-state index contributed by atoms with van der Waals surface area (Å²) in [5.74, 6) is 0.699. The van der Waals surface area contributed by atoms with Gasteiger partial charge < -0.3 is 19.5 Å². The first-order valence-electron chi connectivity index (χ1n) is 8.78. The molecule has 0 saturated heterocycles. The summed E-state index contributed by atoms with van der Waals surface area (Å²) in [4.78, 5) is 20.8. The Kier molecular flexibility index (Phi) is 9.06. The predicted octanol–water partition coefficient (Wildman–Crippen LogP) is 3.72. The number of hydrogen-bond donors (Lipinski definition) is 1. The summed E-state index contributed by atoms with van der Waals surface area (Å²) in [6, 6.07) is 7.98. The highest BCUT2D eigenvalue weighted by molar-refractivity contribution is 9.10. The van der Waals surface area contributed by atoms with Crippen molar-refractivity contribution in [1.82, 2.24) is 9.97 Å². The van der Waals surface area contributed by atoms with Crippen LogP contribution in [0, 0.1) is 0 Å². The third kappa shape index (κ3) is 6.70. The van der Waals surface area contributed by atoms with Crippen molar-refractivity contribution >= 4 is 33.8 Å². The first-order valence-corrected chi connectivity index (χ1v) is 9.57. The first kappa shape index (κ1) is 22.0. The molecule has 1 heterocycles. The van der Waals surface area contributed by atoms with Crippen LogP contribution in [-0.2, 0) is 38.8 Å². The number of halogens is 1. The van der Waals surface area contributed by atoms with Gasteiger partial charge in [-0.1, -0.05) is 28.1 Å². The number of rotatable bonds is 10. The molecule has 0 spiro atoms. The number of hydrogen-bond acceptors (Lipinski definition) is 7. The molecule has 0 atom stereocenters. The number of benzene rings is 1. The van der Waals surface area contributed by atoms with Gasteiger partial charge >= 0.3 is 5.97 Å². The molecule has 0 amide bonds. The van der Waals surface area contributed by atoms with Crippen LogP contribution in [0.3, 0.4) is 0 Å². The van der Waals surface area contributed by atoms with Crippen molar-refractivity contribution in [2.75, 3.05) is 26.1 Å². The molecule has 0 fully saturated rings. The summed E-state index contributed by atoms with van der Waals surface area (Å²) >= 11 is 3.43. The largest absolute Gasteiger partial charge is 0.463 e. The Balaban J connectivity index is 2.36. The zero-order valence-electron chi connectivity index (χ0n) is 16.2. The maximum absolute atomic E-state index is 11.8. The average Bonchev–Trinajstić information content (AvgIpc) is 2.67. The zero-order chi connectivity index (χ0) is 20.4. The molecule has 0 aliphatic rings. The van der Waals surface area contributed by atoms with Crippen LogP contribution in [0.5, 0.6) is 0 Å². The Morgan fingerprint density at radius 3 is 2.50 bits per heavy atom. The van der Waals surface area contributed by atoms with Gasteiger partial charge in [0.05, 0.1) is 18.9 Å². The Morgan fingerprint density at radius 2 is 1.86 bits per heavy atom. The van der Waals surface area contributed by atoms with E-state index in [0.717, 1.165) is 10.0 Å². The summed E-state index contributed by atoms with van der Waals surface area (Å²) in [7, 11) is 3.18. The molecule has 1 aromatic heterocycles. The lowest BCUT2D eigenvalue weighted by molar-refractivity contribution is -0.137. The molecule has 1 N–H and O–H groups in total. The molecule has 8 heteroatoms. The quantitative estimate of drug-likeness (QED) is 0.437. The van der Waals surface area contributed by atoms with Gasteiger partial charge in [-0.3, -0.25) is 0 Å². The number of nitrogens with zero attached hydrogens (tertiary/aromatic N) is 2. The van der Waals surface area contributed by atoms with Gasteiger partial charge in [0.1, 0.15) is 12.4 Å². The lowest BCUT2D eigenvalue weighted by Gasteiger charge is -2.14. The molecule has 0 unspecified atom stereocenters. The molecule has 28 heavy (non-hydrogen) atoms. The second-order valence-corrected chi connectivity index (χ2v) is 6.70. The molecular formula is C20H24BrN3O4. The normalized spacial score (nSPS) is 11.0. The monoisotopic (exact) mass is 449 g/mol. The van der Waals surface area contributed by atoms with Crippen LogP contribution in [0.15, 0.2) is 34.8 Å². The van der Waals surface area contributed by atoms with E-state index in [0.29, 0.717) is 36.1 Å². The minimum absolute atomic E-state index is 0.269. The van der Waals surface area contributed by atoms with Crippen molar-refractivity contribution in [3.8, 4) is 0 Å². The standard InChI is InChI=1S/C20H24BrN3O4/c1-4-28-19(25)10-9-16-17(12-26-2)23-18(13-27-3)24-20(16)22-11-14-5-7-15(21)8-6-14/h5-10H,4,11-13H2,1-3H3,(H,22,23,24)/b10-9+. The fourth-order valence-corrected chi connectivity index (χ4v) is 2.71. The van der Waals surface area contributed by atoms with Crippen molar-refractivity contribution < 1.29 is 19.0 Å². The smallest absolute Gasteiger partial charge is 0.330 e. The summed E-state index contributed by atoms with van der Waals surface area (Å²) in [5.41, 5.74) is 2.42. The Morgan fingerprint density at radius 1 is 1.14 bits per heavy atom. The molecule has 7 nitrogen and oxygen atoms in total. The van der Waals surface area contributed by atoms with Crippen molar-refractivity contribution in [1.29, 1.82) is 0 Å². The third-order valence-corrected chi connectivity index (χ3v) is 4.20. The van der Waals surface area contributed by atoms with Crippen LogP contribution in [0.2, 0.25) is 0 Å². The van der Waals surface area contributed by atoms with E-state index < -0.39 is 5.97 Å². The van der Waals surface area contributed by atoms with Gasteiger partial charge in [-0.15, -0.1) is 0 Å². The number of ether oxygens (including phenoxy) is 3. The van der Waals surface area contributed by atoms with E-state index >= 15 is 0 Å². The van der Waals surface area contributed by atoms with E-state index in [1.54, 1.807) is 27.2 Å². The Hall–Kier alpha value is -2.29. The van der Waals surface area contributed by atoms with E-state index in [2.05, 4.69) is 31.2 Å². The molecule has 0 saturated carbocycles. The molecule has 0 aliphatic carbocycles. The van der Waals surface area contributed by atoms with E-state index in [4.69, 9.17) is 14.2 Å². The van der Waals surface area contributed by atoms with Crippen LogP contribution < -0.4 is 5.32 Å². The molecule has 2 aromatic rings. The first-order chi connectivity index (χ1) is 13.6. The predicted molar refractivity (Wildman–Crippen MR) is 111 cm³/mol. The maximum Gasteiger partial charge on any atom is 0.330 e. The van der Waals surface area contributed by atoms with Gasteiger partial charge in [-0.2, -0.15) is 0 Å². The van der Waals surface area contributed by atoms with Gasteiger partial charge in [0.2, 0.25) is 0 Å². The molecule has 2 rings (SSSR count). The van der Waals surface area contributed by atoms with Crippen LogP contribution in [-0.4, -0.2) is 36.8 Å². The highest BCUT2D eigenvalue weighted by atomic mass is 79.9. The van der Waals surface area contributed by atoms with Crippen molar-refractivity contribution in [2.45, 2.75) is 26.7 Å². The highest BCUT2D eigenvalue weighted by Gasteiger charge is 2.13. The summed E-state index contributed by atoms with van der Waals surface area (Å²) < 4.78 is 16.4. The van der Waals surface area contributed by atoms with Crippen molar-refractivity contribution in [3.63, 3.8) is 0 Å². The number of methoxy groups -OCH3 is 2. The summed E-state index contributed by atoms with van der Waals surface area (Å²) in [5, 5.41) is 3.32. The molecule has 150 valence electrons. The lowest BCUT2D eigenvalue weighted by atomic mass is 10.1. The van der Waals surface area contributed by atoms with Gasteiger partial charge in [0.25, 0.3) is 0 Å². The Labute approximate surface area is 173 Å². The maximum atomic E-state index is 11.8. The number of anilines is 1. The van der Waals surface area contributed by atoms with Crippen LogP contribution in [0.25, 0.3) is 6.08 Å². The second-order valence-electron chi connectivity index (χ2n) is 5.78. The lowest BCUT2D eigenvalue weighted by Crippen LogP contribution is -2.11. The number of carbonyl (C=O) groups excluding carboxylic acids is 1. The number of esters is 1. The van der Waals surface area contributed by atoms with Gasteiger partial charge in [0.15, 0.2) is 5.82 Å². The zero-order valence-corrected chi connectivity index (χ0v) is 17.8. The van der Waals surface area contributed by atoms with E-state index in [1.165, 1.54) is 6.08 Å². The fourth-order valence-electron chi connectivity index (χ4n) is 2.45. The summed E-state index contributed by atoms with van der Waals surface area (Å²) in [6.45, 7) is 3.17. The topological polar surface area (TPSA) is 82.6 Å². The van der Waals surface area contributed by atoms with Crippen LogP contribution >= 0.6 is 15.9 Å². The SMILES string of the molecule is CCOC(=O)/C=C/c1c(COC)nc(COC)nc1NCc1ccc(Br)cc1. The number of aromatic nitrogens is 2. The van der Waals surface area contributed by atoms with Crippen LogP contribution in [0.1, 0.15) is 29.6 Å². The van der Waals surface area contributed by atoms with Crippen molar-refractivity contribution in [2.24, 2.45) is 0 Å². The van der Waals surface area contributed by atoms with Gasteiger partial charge in [0, 0.05) is 36.9 Å². The van der Waals surface area contributed by atoms with Gasteiger partial charge in [-0.05, 0) is 30.7 Å². The highest BCUT2D eigenvalue weighted by Crippen LogP contribution is 2.21.